The van der Waals surface area contributed by atoms with Gasteiger partial charge in [0.2, 0.25) is 0 Å². The first-order chi connectivity index (χ1) is 9.58. The van der Waals surface area contributed by atoms with Gasteiger partial charge in [-0.25, -0.2) is 0 Å². The largest absolute Gasteiger partial charge is 0.357 e. The van der Waals surface area contributed by atoms with E-state index in [0.717, 1.165) is 18.0 Å². The van der Waals surface area contributed by atoms with Crippen molar-refractivity contribution < 1.29 is 0 Å². The zero-order chi connectivity index (χ0) is 14.6. The highest BCUT2D eigenvalue weighted by Crippen LogP contribution is 2.29. The molecule has 1 aliphatic carbocycles. The molecule has 0 atom stereocenters. The van der Waals surface area contributed by atoms with Crippen molar-refractivity contribution in [3.8, 4) is 0 Å². The van der Waals surface area contributed by atoms with Gasteiger partial charge in [-0.1, -0.05) is 44.9 Å². The molecule has 20 heavy (non-hydrogen) atoms. The highest BCUT2D eigenvalue weighted by molar-refractivity contribution is 7.80. The van der Waals surface area contributed by atoms with Crippen LogP contribution in [0.3, 0.4) is 0 Å². The molecule has 1 aromatic carbocycles. The summed E-state index contributed by atoms with van der Waals surface area (Å²) in [6.07, 6.45) is 7.08. The third-order valence-electron chi connectivity index (χ3n) is 4.36. The molecular weight excluding hydrogens is 264 g/mol. The lowest BCUT2D eigenvalue weighted by Gasteiger charge is -2.28. The van der Waals surface area contributed by atoms with Crippen molar-refractivity contribution in [3.05, 3.63) is 29.3 Å². The number of aryl methyl sites for hydroxylation is 2. The lowest BCUT2D eigenvalue weighted by Crippen LogP contribution is -2.45. The van der Waals surface area contributed by atoms with E-state index in [1.54, 1.807) is 0 Å². The second kappa shape index (κ2) is 6.57. The molecule has 0 radical (unpaired) electrons. The molecule has 0 aliphatic heterocycles. The molecule has 0 spiro atoms. The van der Waals surface area contributed by atoms with E-state index in [4.69, 9.17) is 12.2 Å². The SMILES string of the molecule is CCc1cccc(CC)c1NC(=S)NC1(C)CCCC1. The van der Waals surface area contributed by atoms with Crippen LogP contribution in [0.25, 0.3) is 0 Å². The second-order valence-electron chi connectivity index (χ2n) is 6.01. The summed E-state index contributed by atoms with van der Waals surface area (Å²) in [6, 6.07) is 6.50. The molecule has 1 fully saturated rings. The van der Waals surface area contributed by atoms with Gasteiger partial charge in [-0.2, -0.15) is 0 Å². The van der Waals surface area contributed by atoms with Gasteiger partial charge in [0.15, 0.2) is 5.11 Å². The van der Waals surface area contributed by atoms with Crippen molar-refractivity contribution >= 4 is 23.0 Å². The topological polar surface area (TPSA) is 24.1 Å². The number of rotatable bonds is 4. The molecule has 2 N–H and O–H groups in total. The van der Waals surface area contributed by atoms with Gasteiger partial charge in [0.25, 0.3) is 0 Å². The zero-order valence-electron chi connectivity index (χ0n) is 12.9. The number of thiocarbonyl (C=S) groups is 1. The molecule has 2 rings (SSSR count). The number of hydrogen-bond donors (Lipinski definition) is 2. The number of para-hydroxylation sites is 1. The Hall–Kier alpha value is -1.09. The Morgan fingerprint density at radius 3 is 2.20 bits per heavy atom. The summed E-state index contributed by atoms with van der Waals surface area (Å²) in [5.41, 5.74) is 4.06. The zero-order valence-corrected chi connectivity index (χ0v) is 13.7. The molecule has 110 valence electrons. The Morgan fingerprint density at radius 1 is 1.15 bits per heavy atom. The van der Waals surface area contributed by atoms with Gasteiger partial charge >= 0.3 is 0 Å². The fourth-order valence-electron chi connectivity index (χ4n) is 3.10. The lowest BCUT2D eigenvalue weighted by atomic mass is 10.0. The van der Waals surface area contributed by atoms with Gasteiger partial charge in [0.05, 0.1) is 0 Å². The van der Waals surface area contributed by atoms with E-state index in [9.17, 15) is 0 Å². The summed E-state index contributed by atoms with van der Waals surface area (Å²) in [7, 11) is 0. The van der Waals surface area contributed by atoms with E-state index in [0.29, 0.717) is 0 Å². The van der Waals surface area contributed by atoms with Crippen LogP contribution in [0.4, 0.5) is 5.69 Å². The summed E-state index contributed by atoms with van der Waals surface area (Å²) < 4.78 is 0. The van der Waals surface area contributed by atoms with E-state index in [-0.39, 0.29) is 5.54 Å². The normalized spacial score (nSPS) is 16.9. The highest BCUT2D eigenvalue weighted by atomic mass is 32.1. The van der Waals surface area contributed by atoms with Crippen molar-refractivity contribution in [2.24, 2.45) is 0 Å². The van der Waals surface area contributed by atoms with Gasteiger partial charge < -0.3 is 10.6 Å². The Balaban J connectivity index is 2.11. The van der Waals surface area contributed by atoms with Crippen molar-refractivity contribution in [1.29, 1.82) is 0 Å². The number of hydrogen-bond acceptors (Lipinski definition) is 1. The number of nitrogens with one attached hydrogen (secondary N) is 2. The van der Waals surface area contributed by atoms with E-state index in [2.05, 4.69) is 49.6 Å². The molecule has 0 bridgehead atoms. The third kappa shape index (κ3) is 3.51. The molecule has 1 saturated carbocycles. The van der Waals surface area contributed by atoms with Crippen LogP contribution in [0.1, 0.15) is 57.6 Å². The molecule has 0 saturated heterocycles. The predicted molar refractivity (Wildman–Crippen MR) is 91.4 cm³/mol. The minimum absolute atomic E-state index is 0.178. The highest BCUT2D eigenvalue weighted by Gasteiger charge is 2.29. The first kappa shape index (κ1) is 15.3. The summed E-state index contributed by atoms with van der Waals surface area (Å²) >= 11 is 5.54. The summed E-state index contributed by atoms with van der Waals surface area (Å²) in [5.74, 6) is 0. The molecule has 0 aromatic heterocycles. The maximum atomic E-state index is 5.54. The molecule has 0 amide bonds. The lowest BCUT2D eigenvalue weighted by molar-refractivity contribution is 0.434. The Morgan fingerprint density at radius 2 is 1.70 bits per heavy atom. The average Bonchev–Trinajstić information content (AvgIpc) is 2.85. The molecule has 0 heterocycles. The molecule has 0 unspecified atom stereocenters. The first-order valence-corrected chi connectivity index (χ1v) is 8.18. The van der Waals surface area contributed by atoms with Gasteiger partial charge in [0.1, 0.15) is 0 Å². The number of anilines is 1. The fraction of sp³-hybridized carbons (Fsp3) is 0.588. The van der Waals surface area contributed by atoms with Crippen LogP contribution in [0.15, 0.2) is 18.2 Å². The predicted octanol–water partition coefficient (Wildman–Crippen LogP) is 4.43. The van der Waals surface area contributed by atoms with Gasteiger partial charge in [-0.05, 0) is 56.0 Å². The summed E-state index contributed by atoms with van der Waals surface area (Å²) in [6.45, 7) is 6.66. The van der Waals surface area contributed by atoms with Crippen LogP contribution in [-0.4, -0.2) is 10.7 Å². The Labute approximate surface area is 128 Å². The molecule has 1 aliphatic rings. The van der Waals surface area contributed by atoms with Crippen LogP contribution < -0.4 is 10.6 Å². The molecule has 2 nitrogen and oxygen atoms in total. The van der Waals surface area contributed by atoms with E-state index in [1.807, 2.05) is 0 Å². The maximum Gasteiger partial charge on any atom is 0.171 e. The van der Waals surface area contributed by atoms with Crippen LogP contribution >= 0.6 is 12.2 Å². The van der Waals surface area contributed by atoms with Crippen molar-refractivity contribution in [1.82, 2.24) is 5.32 Å². The first-order valence-electron chi connectivity index (χ1n) is 7.78. The summed E-state index contributed by atoms with van der Waals surface area (Å²) in [5, 5.41) is 7.75. The summed E-state index contributed by atoms with van der Waals surface area (Å²) in [4.78, 5) is 0. The minimum atomic E-state index is 0.178. The van der Waals surface area contributed by atoms with Gasteiger partial charge in [-0.15, -0.1) is 0 Å². The van der Waals surface area contributed by atoms with E-state index < -0.39 is 0 Å². The van der Waals surface area contributed by atoms with Gasteiger partial charge in [0, 0.05) is 11.2 Å². The van der Waals surface area contributed by atoms with Crippen molar-refractivity contribution in [2.75, 3.05) is 5.32 Å². The Kier molecular flexibility index (Phi) is 5.03. The molecule has 1 aromatic rings. The third-order valence-corrected chi connectivity index (χ3v) is 4.56. The second-order valence-corrected chi connectivity index (χ2v) is 6.41. The molecule has 3 heteroatoms. The smallest absolute Gasteiger partial charge is 0.171 e. The minimum Gasteiger partial charge on any atom is -0.357 e. The Bertz CT molecular complexity index is 454. The van der Waals surface area contributed by atoms with Crippen molar-refractivity contribution in [3.63, 3.8) is 0 Å². The average molecular weight is 290 g/mol. The van der Waals surface area contributed by atoms with E-state index >= 15 is 0 Å². The monoisotopic (exact) mass is 290 g/mol. The number of benzene rings is 1. The fourth-order valence-corrected chi connectivity index (χ4v) is 3.45. The van der Waals surface area contributed by atoms with Crippen LogP contribution in [0, 0.1) is 0 Å². The maximum absolute atomic E-state index is 5.54. The van der Waals surface area contributed by atoms with Crippen LogP contribution in [0.5, 0.6) is 0 Å². The molecular formula is C17H26N2S. The van der Waals surface area contributed by atoms with Crippen LogP contribution in [0.2, 0.25) is 0 Å². The standard InChI is InChI=1S/C17H26N2S/c1-4-13-9-8-10-14(5-2)15(13)18-16(20)19-17(3)11-6-7-12-17/h8-10H,4-7,11-12H2,1-3H3,(H2,18,19,20). The van der Waals surface area contributed by atoms with Crippen molar-refractivity contribution in [2.45, 2.75) is 64.8 Å². The quantitative estimate of drug-likeness (QED) is 0.802. The van der Waals surface area contributed by atoms with Gasteiger partial charge in [-0.3, -0.25) is 0 Å². The van der Waals surface area contributed by atoms with Crippen LogP contribution in [-0.2, 0) is 12.8 Å². The van der Waals surface area contributed by atoms with E-state index in [1.165, 1.54) is 42.5 Å².